The Balaban J connectivity index is 1.74. The van der Waals surface area contributed by atoms with Crippen LogP contribution in [0, 0.1) is 0 Å². The number of amides is 2. The first-order chi connectivity index (χ1) is 11.0. The van der Waals surface area contributed by atoms with Crippen LogP contribution >= 0.6 is 11.3 Å². The van der Waals surface area contributed by atoms with Crippen LogP contribution in [0.3, 0.4) is 0 Å². The minimum atomic E-state index is -0.537. The van der Waals surface area contributed by atoms with E-state index in [-0.39, 0.29) is 18.0 Å². The number of benzene rings is 1. The van der Waals surface area contributed by atoms with E-state index >= 15 is 0 Å². The van der Waals surface area contributed by atoms with Crippen molar-refractivity contribution in [2.75, 3.05) is 5.32 Å². The quantitative estimate of drug-likeness (QED) is 0.750. The molecule has 23 heavy (non-hydrogen) atoms. The van der Waals surface area contributed by atoms with Crippen LogP contribution in [0.4, 0.5) is 5.69 Å². The third-order valence-electron chi connectivity index (χ3n) is 3.22. The number of thiophene rings is 1. The number of carbonyl (C=O) groups is 2. The second-order valence-electron chi connectivity index (χ2n) is 4.81. The van der Waals surface area contributed by atoms with Crippen molar-refractivity contribution in [2.45, 2.75) is 6.54 Å². The number of anilines is 1. The Hall–Kier alpha value is -3.00. The van der Waals surface area contributed by atoms with Crippen molar-refractivity contribution in [3.63, 3.8) is 0 Å². The van der Waals surface area contributed by atoms with Crippen molar-refractivity contribution >= 4 is 39.1 Å². The van der Waals surface area contributed by atoms with Gasteiger partial charge in [0.1, 0.15) is 11.4 Å². The molecule has 2 heterocycles. The number of rotatable bonds is 4. The lowest BCUT2D eigenvalue weighted by atomic mass is 10.2. The normalized spacial score (nSPS) is 10.6. The van der Waals surface area contributed by atoms with Crippen molar-refractivity contribution in [3.05, 3.63) is 58.0 Å². The number of hydrogen-bond donors (Lipinski definition) is 2. The zero-order chi connectivity index (χ0) is 16.4. The molecule has 0 spiro atoms. The first-order valence-electron chi connectivity index (χ1n) is 6.67. The third kappa shape index (κ3) is 3.11. The maximum atomic E-state index is 12.2. The smallest absolute Gasteiger partial charge is 0.262 e. The monoisotopic (exact) mass is 328 g/mol. The van der Waals surface area contributed by atoms with Crippen molar-refractivity contribution in [1.82, 2.24) is 9.55 Å². The maximum absolute atomic E-state index is 12.2. The molecule has 0 bridgehead atoms. The average Bonchev–Trinajstić information content (AvgIpc) is 3.00. The summed E-state index contributed by atoms with van der Waals surface area (Å²) in [6.45, 7) is -0.144. The molecular formula is C15H12N4O3S. The SMILES string of the molecule is NC(=O)c1ccc(NC(=O)Cn2cnc3sccc3c2=O)cc1. The van der Waals surface area contributed by atoms with Crippen molar-refractivity contribution in [2.24, 2.45) is 5.73 Å². The van der Waals surface area contributed by atoms with Crippen LogP contribution < -0.4 is 16.6 Å². The largest absolute Gasteiger partial charge is 0.366 e. The Morgan fingerprint density at radius 3 is 2.65 bits per heavy atom. The van der Waals surface area contributed by atoms with Gasteiger partial charge in [0.2, 0.25) is 11.8 Å². The van der Waals surface area contributed by atoms with Gasteiger partial charge < -0.3 is 11.1 Å². The Morgan fingerprint density at radius 1 is 1.22 bits per heavy atom. The van der Waals surface area contributed by atoms with Gasteiger partial charge in [0.05, 0.1) is 11.7 Å². The number of nitrogens with one attached hydrogen (secondary N) is 1. The summed E-state index contributed by atoms with van der Waals surface area (Å²) < 4.78 is 1.25. The summed E-state index contributed by atoms with van der Waals surface area (Å²) in [7, 11) is 0. The lowest BCUT2D eigenvalue weighted by molar-refractivity contribution is -0.116. The molecule has 0 atom stereocenters. The molecule has 0 radical (unpaired) electrons. The number of primary amides is 1. The van der Waals surface area contributed by atoms with Gasteiger partial charge in [0.25, 0.3) is 5.56 Å². The number of hydrogen-bond acceptors (Lipinski definition) is 5. The molecule has 116 valence electrons. The van der Waals surface area contributed by atoms with Crippen LogP contribution in [0.5, 0.6) is 0 Å². The first kappa shape index (κ1) is 14.9. The Kier molecular flexibility index (Phi) is 3.90. The van der Waals surface area contributed by atoms with Crippen molar-refractivity contribution in [3.8, 4) is 0 Å². The Morgan fingerprint density at radius 2 is 1.96 bits per heavy atom. The van der Waals surface area contributed by atoms with Crippen molar-refractivity contribution < 1.29 is 9.59 Å². The van der Waals surface area contributed by atoms with Gasteiger partial charge >= 0.3 is 0 Å². The van der Waals surface area contributed by atoms with Crippen LogP contribution in [0.1, 0.15) is 10.4 Å². The van der Waals surface area contributed by atoms with E-state index in [4.69, 9.17) is 5.73 Å². The molecule has 1 aromatic carbocycles. The van der Waals surface area contributed by atoms with E-state index in [9.17, 15) is 14.4 Å². The summed E-state index contributed by atoms with van der Waals surface area (Å²) in [6, 6.07) is 7.86. The summed E-state index contributed by atoms with van der Waals surface area (Å²) in [5.41, 5.74) is 5.76. The molecule has 0 unspecified atom stereocenters. The third-order valence-corrected chi connectivity index (χ3v) is 4.04. The van der Waals surface area contributed by atoms with E-state index in [2.05, 4.69) is 10.3 Å². The average molecular weight is 328 g/mol. The molecule has 3 rings (SSSR count). The predicted octanol–water partition coefficient (Wildman–Crippen LogP) is 1.20. The highest BCUT2D eigenvalue weighted by Gasteiger charge is 2.09. The molecule has 0 saturated heterocycles. The fourth-order valence-corrected chi connectivity index (χ4v) is 2.80. The highest BCUT2D eigenvalue weighted by Crippen LogP contribution is 2.13. The fraction of sp³-hybridized carbons (Fsp3) is 0.0667. The van der Waals surface area contributed by atoms with Crippen molar-refractivity contribution in [1.29, 1.82) is 0 Å². The van der Waals surface area contributed by atoms with Gasteiger partial charge in [-0.25, -0.2) is 4.98 Å². The van der Waals surface area contributed by atoms with Crippen LogP contribution in [0.15, 0.2) is 46.8 Å². The number of nitrogens with zero attached hydrogens (tertiary/aromatic N) is 2. The van der Waals surface area contributed by atoms with E-state index in [0.717, 1.165) is 0 Å². The highest BCUT2D eigenvalue weighted by atomic mass is 32.1. The van der Waals surface area contributed by atoms with Gasteiger partial charge in [0.15, 0.2) is 0 Å². The molecule has 3 aromatic rings. The summed E-state index contributed by atoms with van der Waals surface area (Å²) >= 11 is 1.37. The Bertz CT molecular complexity index is 943. The molecular weight excluding hydrogens is 316 g/mol. The van der Waals surface area contributed by atoms with E-state index in [0.29, 0.717) is 21.5 Å². The molecule has 0 aliphatic carbocycles. The maximum Gasteiger partial charge on any atom is 0.262 e. The van der Waals surface area contributed by atoms with Gasteiger partial charge in [-0.05, 0) is 35.7 Å². The molecule has 7 nitrogen and oxygen atoms in total. The molecule has 8 heteroatoms. The van der Waals surface area contributed by atoms with Crippen LogP contribution in [0.25, 0.3) is 10.2 Å². The number of carbonyl (C=O) groups excluding carboxylic acids is 2. The van der Waals surface area contributed by atoms with E-state index in [1.54, 1.807) is 23.6 Å². The van der Waals surface area contributed by atoms with Crippen LogP contribution in [-0.2, 0) is 11.3 Å². The van der Waals surface area contributed by atoms with Gasteiger partial charge in [0, 0.05) is 11.3 Å². The van der Waals surface area contributed by atoms with E-state index in [1.165, 1.54) is 34.4 Å². The van der Waals surface area contributed by atoms with E-state index in [1.807, 2.05) is 0 Å². The lowest BCUT2D eigenvalue weighted by Gasteiger charge is -2.07. The fourth-order valence-electron chi connectivity index (χ4n) is 2.08. The lowest BCUT2D eigenvalue weighted by Crippen LogP contribution is -2.27. The van der Waals surface area contributed by atoms with Gasteiger partial charge in [-0.15, -0.1) is 11.3 Å². The zero-order valence-corrected chi connectivity index (χ0v) is 12.7. The summed E-state index contributed by atoms with van der Waals surface area (Å²) in [5.74, 6) is -0.903. The Labute approximate surface area is 134 Å². The molecule has 0 fully saturated rings. The number of aromatic nitrogens is 2. The first-order valence-corrected chi connectivity index (χ1v) is 7.55. The number of fused-ring (bicyclic) bond motifs is 1. The molecule has 0 aliphatic heterocycles. The van der Waals surface area contributed by atoms with Gasteiger partial charge in [-0.1, -0.05) is 0 Å². The number of nitrogens with two attached hydrogens (primary N) is 1. The highest BCUT2D eigenvalue weighted by molar-refractivity contribution is 7.16. The summed E-state index contributed by atoms with van der Waals surface area (Å²) in [6.07, 6.45) is 1.36. The standard InChI is InChI=1S/C15H12N4O3S/c16-13(21)9-1-3-10(4-2-9)18-12(20)7-19-8-17-14-11(15(19)22)5-6-23-14/h1-6,8H,7H2,(H2,16,21)(H,18,20). The van der Waals surface area contributed by atoms with Crippen LogP contribution in [0.2, 0.25) is 0 Å². The van der Waals surface area contributed by atoms with E-state index < -0.39 is 5.91 Å². The second-order valence-corrected chi connectivity index (χ2v) is 5.70. The molecule has 2 aromatic heterocycles. The predicted molar refractivity (Wildman–Crippen MR) is 87.5 cm³/mol. The summed E-state index contributed by atoms with van der Waals surface area (Å²) in [4.78, 5) is 40.0. The molecule has 2 amide bonds. The molecule has 0 saturated carbocycles. The topological polar surface area (TPSA) is 107 Å². The zero-order valence-electron chi connectivity index (χ0n) is 11.9. The van der Waals surface area contributed by atoms with Crippen LogP contribution in [-0.4, -0.2) is 21.4 Å². The van der Waals surface area contributed by atoms with Gasteiger partial charge in [-0.3, -0.25) is 19.0 Å². The second kappa shape index (κ2) is 6.01. The minimum Gasteiger partial charge on any atom is -0.366 e. The molecule has 0 aliphatic rings. The van der Waals surface area contributed by atoms with Gasteiger partial charge in [-0.2, -0.15) is 0 Å². The summed E-state index contributed by atoms with van der Waals surface area (Å²) in [5, 5.41) is 4.93. The molecule has 3 N–H and O–H groups in total. The minimum absolute atomic E-state index is 0.144.